The van der Waals surface area contributed by atoms with E-state index in [0.717, 1.165) is 12.1 Å². The third-order valence-electron chi connectivity index (χ3n) is 2.59. The van der Waals surface area contributed by atoms with Crippen molar-refractivity contribution in [2.24, 2.45) is 0 Å². The Labute approximate surface area is 120 Å². The van der Waals surface area contributed by atoms with Crippen molar-refractivity contribution < 1.29 is 17.9 Å². The number of benzene rings is 1. The molecule has 0 bridgehead atoms. The highest BCUT2D eigenvalue weighted by molar-refractivity contribution is 9.10. The van der Waals surface area contributed by atoms with E-state index in [1.807, 2.05) is 0 Å². The number of anilines is 1. The molecule has 0 saturated heterocycles. The predicted molar refractivity (Wildman–Crippen MR) is 74.6 cm³/mol. The molecule has 1 aromatic rings. The summed E-state index contributed by atoms with van der Waals surface area (Å²) in [5.41, 5.74) is 5.19. The monoisotopic (exact) mass is 354 g/mol. The summed E-state index contributed by atoms with van der Waals surface area (Å²) in [6.45, 7) is 2.04. The van der Waals surface area contributed by atoms with E-state index in [1.54, 1.807) is 6.92 Å². The molecule has 1 rings (SSSR count). The van der Waals surface area contributed by atoms with Crippen LogP contribution in [0.5, 0.6) is 0 Å². The molecule has 0 spiro atoms. The Morgan fingerprint density at radius 3 is 2.63 bits per heavy atom. The minimum atomic E-state index is -3.76. The fourth-order valence-corrected chi connectivity index (χ4v) is 4.07. The summed E-state index contributed by atoms with van der Waals surface area (Å²) in [6.07, 6.45) is 0.335. The number of aliphatic hydroxyl groups is 1. The molecule has 8 heteroatoms. The Bertz CT molecular complexity index is 551. The van der Waals surface area contributed by atoms with Crippen molar-refractivity contribution in [3.05, 3.63) is 22.4 Å². The Balaban J connectivity index is 3.22. The topological polar surface area (TPSA) is 83.6 Å². The fraction of sp³-hybridized carbons (Fsp3) is 0.455. The Kier molecular flexibility index (Phi) is 5.72. The second-order valence-electron chi connectivity index (χ2n) is 3.88. The summed E-state index contributed by atoms with van der Waals surface area (Å²) in [4.78, 5) is -0.0776. The van der Waals surface area contributed by atoms with Crippen LogP contribution in [0.3, 0.4) is 0 Å². The highest BCUT2D eigenvalue weighted by atomic mass is 79.9. The van der Waals surface area contributed by atoms with Crippen molar-refractivity contribution in [3.8, 4) is 0 Å². The van der Waals surface area contributed by atoms with Gasteiger partial charge in [0.1, 0.15) is 5.82 Å². The van der Waals surface area contributed by atoms with Gasteiger partial charge in [-0.25, -0.2) is 12.8 Å². The number of rotatable bonds is 6. The second kappa shape index (κ2) is 6.65. The molecule has 0 radical (unpaired) electrons. The van der Waals surface area contributed by atoms with Gasteiger partial charge in [0.15, 0.2) is 0 Å². The number of aliphatic hydroxyl groups excluding tert-OH is 1. The van der Waals surface area contributed by atoms with E-state index in [0.29, 0.717) is 6.42 Å². The lowest BCUT2D eigenvalue weighted by molar-refractivity contribution is 0.271. The summed E-state index contributed by atoms with van der Waals surface area (Å²) in [7, 11) is -3.76. The van der Waals surface area contributed by atoms with Gasteiger partial charge in [-0.05, 0) is 34.5 Å². The van der Waals surface area contributed by atoms with E-state index >= 15 is 0 Å². The molecule has 1 aromatic carbocycles. The summed E-state index contributed by atoms with van der Waals surface area (Å²) in [6, 6.07) is 2.12. The van der Waals surface area contributed by atoms with Crippen LogP contribution in [-0.4, -0.2) is 37.5 Å². The standard InChI is InChI=1S/C11H16BrFN2O3S/c1-2-15(4-3-5-16)19(17,18)11-7-10(14)9(13)6-8(11)12/h6-7,16H,2-5,14H2,1H3. The van der Waals surface area contributed by atoms with E-state index in [1.165, 1.54) is 4.31 Å². The number of nitrogen functional groups attached to an aromatic ring is 1. The molecular formula is C11H16BrFN2O3S. The molecule has 0 unspecified atom stereocenters. The van der Waals surface area contributed by atoms with Crippen molar-refractivity contribution >= 4 is 31.6 Å². The molecule has 19 heavy (non-hydrogen) atoms. The minimum absolute atomic E-state index is 0.0776. The molecule has 0 aliphatic carbocycles. The van der Waals surface area contributed by atoms with Crippen LogP contribution in [0.1, 0.15) is 13.3 Å². The van der Waals surface area contributed by atoms with Gasteiger partial charge in [-0.2, -0.15) is 4.31 Å². The molecule has 0 aromatic heterocycles. The fourth-order valence-electron chi connectivity index (χ4n) is 1.58. The maximum atomic E-state index is 13.2. The normalized spacial score (nSPS) is 12.1. The van der Waals surface area contributed by atoms with Crippen molar-refractivity contribution in [1.29, 1.82) is 0 Å². The van der Waals surface area contributed by atoms with Gasteiger partial charge in [-0.3, -0.25) is 0 Å². The Hall–Kier alpha value is -0.700. The van der Waals surface area contributed by atoms with Crippen molar-refractivity contribution in [2.75, 3.05) is 25.4 Å². The number of nitrogens with zero attached hydrogens (tertiary/aromatic N) is 1. The Morgan fingerprint density at radius 1 is 1.47 bits per heavy atom. The molecule has 0 aliphatic heterocycles. The molecule has 0 amide bonds. The average molecular weight is 355 g/mol. The highest BCUT2D eigenvalue weighted by Gasteiger charge is 2.26. The quantitative estimate of drug-likeness (QED) is 0.759. The van der Waals surface area contributed by atoms with Gasteiger partial charge < -0.3 is 10.8 Å². The molecule has 5 nitrogen and oxygen atoms in total. The molecule has 0 fully saturated rings. The van der Waals surface area contributed by atoms with E-state index in [4.69, 9.17) is 10.8 Å². The van der Waals surface area contributed by atoms with Gasteiger partial charge in [0.25, 0.3) is 0 Å². The average Bonchev–Trinajstić information content (AvgIpc) is 2.34. The van der Waals surface area contributed by atoms with Crippen LogP contribution < -0.4 is 5.73 Å². The van der Waals surface area contributed by atoms with Gasteiger partial charge in [0.2, 0.25) is 10.0 Å². The van der Waals surface area contributed by atoms with Crippen LogP contribution in [0.15, 0.2) is 21.5 Å². The number of halogens is 2. The first-order valence-electron chi connectivity index (χ1n) is 5.70. The van der Waals surface area contributed by atoms with E-state index in [9.17, 15) is 12.8 Å². The Morgan fingerprint density at radius 2 is 2.11 bits per heavy atom. The maximum Gasteiger partial charge on any atom is 0.244 e. The highest BCUT2D eigenvalue weighted by Crippen LogP contribution is 2.29. The molecule has 0 heterocycles. The molecule has 108 valence electrons. The van der Waals surface area contributed by atoms with Crippen LogP contribution in [0.4, 0.5) is 10.1 Å². The molecular weight excluding hydrogens is 339 g/mol. The lowest BCUT2D eigenvalue weighted by Gasteiger charge is -2.21. The van der Waals surface area contributed by atoms with Crippen LogP contribution in [0.2, 0.25) is 0 Å². The number of hydrogen-bond donors (Lipinski definition) is 2. The summed E-state index contributed by atoms with van der Waals surface area (Å²) in [5.74, 6) is -0.677. The molecule has 0 saturated carbocycles. The van der Waals surface area contributed by atoms with E-state index in [-0.39, 0.29) is 34.8 Å². The summed E-state index contributed by atoms with van der Waals surface area (Å²) < 4.78 is 39.4. The number of sulfonamides is 1. The number of hydrogen-bond acceptors (Lipinski definition) is 4. The van der Waals surface area contributed by atoms with Crippen LogP contribution in [-0.2, 0) is 10.0 Å². The van der Waals surface area contributed by atoms with Crippen molar-refractivity contribution in [3.63, 3.8) is 0 Å². The van der Waals surface area contributed by atoms with Crippen LogP contribution in [0, 0.1) is 5.82 Å². The third-order valence-corrected chi connectivity index (χ3v) is 5.52. The number of nitrogens with two attached hydrogens (primary N) is 1. The third kappa shape index (κ3) is 3.65. The molecule has 0 aliphatic rings. The zero-order valence-corrected chi connectivity index (χ0v) is 12.8. The van der Waals surface area contributed by atoms with Gasteiger partial charge >= 0.3 is 0 Å². The first-order chi connectivity index (χ1) is 8.84. The SMILES string of the molecule is CCN(CCCO)S(=O)(=O)c1cc(N)c(F)cc1Br. The zero-order chi connectivity index (χ0) is 14.6. The van der Waals surface area contributed by atoms with E-state index in [2.05, 4.69) is 15.9 Å². The first kappa shape index (κ1) is 16.4. The molecule has 0 atom stereocenters. The summed E-state index contributed by atoms with van der Waals surface area (Å²) >= 11 is 3.03. The molecule has 3 N–H and O–H groups in total. The van der Waals surface area contributed by atoms with Crippen LogP contribution >= 0.6 is 15.9 Å². The van der Waals surface area contributed by atoms with Gasteiger partial charge in [-0.15, -0.1) is 0 Å². The van der Waals surface area contributed by atoms with Gasteiger partial charge in [-0.1, -0.05) is 6.92 Å². The van der Waals surface area contributed by atoms with Crippen molar-refractivity contribution in [1.82, 2.24) is 4.31 Å². The largest absolute Gasteiger partial charge is 0.396 e. The summed E-state index contributed by atoms with van der Waals surface area (Å²) in [5, 5.41) is 8.78. The van der Waals surface area contributed by atoms with Crippen molar-refractivity contribution in [2.45, 2.75) is 18.2 Å². The smallest absolute Gasteiger partial charge is 0.244 e. The van der Waals surface area contributed by atoms with E-state index < -0.39 is 15.8 Å². The minimum Gasteiger partial charge on any atom is -0.396 e. The lowest BCUT2D eigenvalue weighted by atomic mass is 10.3. The first-order valence-corrected chi connectivity index (χ1v) is 7.93. The van der Waals surface area contributed by atoms with Crippen LogP contribution in [0.25, 0.3) is 0 Å². The predicted octanol–water partition coefficient (Wildman–Crippen LogP) is 1.56. The van der Waals surface area contributed by atoms with Gasteiger partial charge in [0, 0.05) is 24.2 Å². The van der Waals surface area contributed by atoms with Gasteiger partial charge in [0.05, 0.1) is 10.6 Å². The lowest BCUT2D eigenvalue weighted by Crippen LogP contribution is -2.32. The zero-order valence-electron chi connectivity index (χ0n) is 10.4. The maximum absolute atomic E-state index is 13.2. The second-order valence-corrected chi connectivity index (χ2v) is 6.64.